The second kappa shape index (κ2) is 5.50. The summed E-state index contributed by atoms with van der Waals surface area (Å²) in [4.78, 5) is 11.5. The highest BCUT2D eigenvalue weighted by Gasteiger charge is 2.17. The average Bonchev–Trinajstić information content (AvgIpc) is 2.20. The van der Waals surface area contributed by atoms with E-state index in [0.29, 0.717) is 5.56 Å². The molecule has 0 saturated heterocycles. The van der Waals surface area contributed by atoms with Gasteiger partial charge < -0.3 is 4.74 Å². The van der Waals surface area contributed by atoms with Crippen molar-refractivity contribution in [2.24, 2.45) is 0 Å². The Balaban J connectivity index is 2.81. The fraction of sp³-hybridized carbons (Fsp3) is 0.385. The van der Waals surface area contributed by atoms with Crippen LogP contribution in [0.5, 0.6) is 0 Å². The number of carbonyl (C=O) groups is 1. The first-order valence-corrected chi connectivity index (χ1v) is 5.47. The van der Waals surface area contributed by atoms with Gasteiger partial charge in [0.1, 0.15) is 11.4 Å². The van der Waals surface area contributed by atoms with Crippen molar-refractivity contribution in [2.45, 2.75) is 32.8 Å². The Morgan fingerprint density at radius 3 is 2.72 bits per heavy atom. The molecule has 1 aromatic carbocycles. The van der Waals surface area contributed by atoms with E-state index in [9.17, 15) is 9.18 Å². The van der Waals surface area contributed by atoms with Gasteiger partial charge in [0.2, 0.25) is 0 Å². The number of carbonyl (C=O) groups excluding carboxylic acids is 1. The first-order chi connectivity index (χ1) is 8.31. The Morgan fingerprint density at radius 2 is 2.17 bits per heavy atom. The fourth-order valence-electron chi connectivity index (χ4n) is 1.28. The van der Waals surface area contributed by atoms with E-state index in [1.54, 1.807) is 20.8 Å². The summed E-state index contributed by atoms with van der Waals surface area (Å²) in [5, 5.41) is 10.9. The number of ether oxygens (including phenoxy) is 1. The Morgan fingerprint density at radius 1 is 1.50 bits per heavy atom. The molecule has 0 unspecified atom stereocenters. The molecular formula is C13H15FN2O2. The van der Waals surface area contributed by atoms with Gasteiger partial charge in [0.25, 0.3) is 0 Å². The molecule has 0 aromatic heterocycles. The second-order valence-electron chi connectivity index (χ2n) is 4.78. The molecule has 0 aliphatic heterocycles. The molecule has 4 nitrogen and oxygen atoms in total. The van der Waals surface area contributed by atoms with Crippen LogP contribution in [0.4, 0.5) is 14.9 Å². The van der Waals surface area contributed by atoms with Crippen molar-refractivity contribution in [3.05, 3.63) is 29.6 Å². The number of hydrogen-bond donors (Lipinski definition) is 1. The standard InChI is InChI=1S/C13H15FN2O2/c1-13(2,3)18-12(17)16-11-8-9(6-7-15)4-5-10(11)14/h4-5,8H,6H2,1-3H3,(H,16,17). The molecule has 1 N–H and O–H groups in total. The van der Waals surface area contributed by atoms with Gasteiger partial charge in [-0.2, -0.15) is 5.26 Å². The highest BCUT2D eigenvalue weighted by atomic mass is 19.1. The first-order valence-electron chi connectivity index (χ1n) is 5.47. The quantitative estimate of drug-likeness (QED) is 0.876. The number of anilines is 1. The van der Waals surface area contributed by atoms with Crippen LogP contribution in [0.3, 0.4) is 0 Å². The van der Waals surface area contributed by atoms with Crippen LogP contribution in [0.2, 0.25) is 0 Å². The first kappa shape index (κ1) is 14.0. The lowest BCUT2D eigenvalue weighted by Crippen LogP contribution is -2.27. The van der Waals surface area contributed by atoms with Crippen LogP contribution in [0, 0.1) is 17.1 Å². The van der Waals surface area contributed by atoms with E-state index >= 15 is 0 Å². The molecule has 0 atom stereocenters. The van der Waals surface area contributed by atoms with Crippen LogP contribution in [-0.4, -0.2) is 11.7 Å². The van der Waals surface area contributed by atoms with Crippen molar-refractivity contribution in [3.8, 4) is 6.07 Å². The van der Waals surface area contributed by atoms with Gasteiger partial charge in [-0.05, 0) is 38.5 Å². The molecule has 0 spiro atoms. The molecule has 1 rings (SSSR count). The molecule has 96 valence electrons. The van der Waals surface area contributed by atoms with Crippen LogP contribution in [0.25, 0.3) is 0 Å². The van der Waals surface area contributed by atoms with Gasteiger partial charge in [0, 0.05) is 0 Å². The predicted molar refractivity (Wildman–Crippen MR) is 65.6 cm³/mol. The van der Waals surface area contributed by atoms with E-state index in [1.165, 1.54) is 18.2 Å². The Kier molecular flexibility index (Phi) is 4.27. The molecule has 1 amide bonds. The predicted octanol–water partition coefficient (Wildman–Crippen LogP) is 3.24. The highest BCUT2D eigenvalue weighted by molar-refractivity contribution is 5.85. The van der Waals surface area contributed by atoms with E-state index in [0.717, 1.165) is 0 Å². The van der Waals surface area contributed by atoms with Gasteiger partial charge in [-0.15, -0.1) is 0 Å². The zero-order chi connectivity index (χ0) is 13.8. The number of hydrogen-bond acceptors (Lipinski definition) is 3. The smallest absolute Gasteiger partial charge is 0.412 e. The molecule has 5 heteroatoms. The molecule has 0 fully saturated rings. The van der Waals surface area contributed by atoms with E-state index in [2.05, 4.69) is 5.32 Å². The lowest BCUT2D eigenvalue weighted by molar-refractivity contribution is 0.0635. The van der Waals surface area contributed by atoms with Gasteiger partial charge >= 0.3 is 6.09 Å². The molecule has 0 aliphatic rings. The molecule has 0 radical (unpaired) electrons. The second-order valence-corrected chi connectivity index (χ2v) is 4.78. The number of nitriles is 1. The number of nitrogens with one attached hydrogen (secondary N) is 1. The Hall–Kier alpha value is -2.09. The van der Waals surface area contributed by atoms with Crippen LogP contribution in [0.1, 0.15) is 26.3 Å². The number of rotatable bonds is 2. The molecule has 18 heavy (non-hydrogen) atoms. The van der Waals surface area contributed by atoms with Crippen molar-refractivity contribution in [1.82, 2.24) is 0 Å². The monoisotopic (exact) mass is 250 g/mol. The summed E-state index contributed by atoms with van der Waals surface area (Å²) >= 11 is 0. The Labute approximate surface area is 105 Å². The lowest BCUT2D eigenvalue weighted by Gasteiger charge is -2.19. The highest BCUT2D eigenvalue weighted by Crippen LogP contribution is 2.18. The largest absolute Gasteiger partial charge is 0.444 e. The summed E-state index contributed by atoms with van der Waals surface area (Å²) < 4.78 is 18.5. The number of amides is 1. The number of halogens is 1. The average molecular weight is 250 g/mol. The summed E-state index contributed by atoms with van der Waals surface area (Å²) in [7, 11) is 0. The van der Waals surface area contributed by atoms with Crippen LogP contribution >= 0.6 is 0 Å². The Bertz CT molecular complexity index is 487. The number of benzene rings is 1. The maximum atomic E-state index is 13.4. The summed E-state index contributed by atoms with van der Waals surface area (Å²) in [6.45, 7) is 5.15. The van der Waals surface area contributed by atoms with E-state index in [-0.39, 0.29) is 12.1 Å². The molecule has 1 aromatic rings. The molecular weight excluding hydrogens is 235 g/mol. The third-order valence-corrected chi connectivity index (χ3v) is 1.95. The zero-order valence-corrected chi connectivity index (χ0v) is 10.6. The summed E-state index contributed by atoms with van der Waals surface area (Å²) in [5.41, 5.74) is -0.00729. The molecule has 0 saturated carbocycles. The summed E-state index contributed by atoms with van der Waals surface area (Å²) in [5.74, 6) is -0.567. The lowest BCUT2D eigenvalue weighted by atomic mass is 10.1. The SMILES string of the molecule is CC(C)(C)OC(=O)Nc1cc(CC#N)ccc1F. The van der Waals surface area contributed by atoms with Crippen molar-refractivity contribution in [1.29, 1.82) is 5.26 Å². The van der Waals surface area contributed by atoms with Gasteiger partial charge in [0.05, 0.1) is 18.2 Å². The van der Waals surface area contributed by atoms with E-state index in [4.69, 9.17) is 10.00 Å². The van der Waals surface area contributed by atoms with Gasteiger partial charge in [0.15, 0.2) is 0 Å². The van der Waals surface area contributed by atoms with Crippen molar-refractivity contribution in [2.75, 3.05) is 5.32 Å². The van der Waals surface area contributed by atoms with Gasteiger partial charge in [-0.1, -0.05) is 6.07 Å². The third-order valence-electron chi connectivity index (χ3n) is 1.95. The maximum Gasteiger partial charge on any atom is 0.412 e. The van der Waals surface area contributed by atoms with E-state index in [1.807, 2.05) is 6.07 Å². The van der Waals surface area contributed by atoms with Crippen molar-refractivity contribution < 1.29 is 13.9 Å². The van der Waals surface area contributed by atoms with E-state index < -0.39 is 17.5 Å². The fourth-order valence-corrected chi connectivity index (χ4v) is 1.28. The molecule has 0 heterocycles. The minimum absolute atomic E-state index is 0.0111. The van der Waals surface area contributed by atoms with Crippen molar-refractivity contribution in [3.63, 3.8) is 0 Å². The topological polar surface area (TPSA) is 62.1 Å². The zero-order valence-electron chi connectivity index (χ0n) is 10.6. The molecule has 0 aliphatic carbocycles. The van der Waals surface area contributed by atoms with Gasteiger partial charge in [-0.3, -0.25) is 5.32 Å². The minimum Gasteiger partial charge on any atom is -0.444 e. The minimum atomic E-state index is -0.726. The molecule has 0 bridgehead atoms. The van der Waals surface area contributed by atoms with Crippen LogP contribution in [-0.2, 0) is 11.2 Å². The number of nitrogens with zero attached hydrogens (tertiary/aromatic N) is 1. The normalized spacial score (nSPS) is 10.6. The van der Waals surface area contributed by atoms with Gasteiger partial charge in [-0.25, -0.2) is 9.18 Å². The van der Waals surface area contributed by atoms with Crippen LogP contribution in [0.15, 0.2) is 18.2 Å². The summed E-state index contributed by atoms with van der Waals surface area (Å²) in [6.07, 6.45) is -0.570. The maximum absolute atomic E-state index is 13.4. The third kappa shape index (κ3) is 4.42. The van der Waals surface area contributed by atoms with Crippen LogP contribution < -0.4 is 5.32 Å². The summed E-state index contributed by atoms with van der Waals surface area (Å²) in [6, 6.07) is 6.08. The van der Waals surface area contributed by atoms with Crippen molar-refractivity contribution >= 4 is 11.8 Å².